The molecule has 5 rings (SSSR count). The topological polar surface area (TPSA) is 76.2 Å². The number of rotatable bonds is 5. The number of ether oxygens (including phenoxy) is 2. The zero-order valence-corrected chi connectivity index (χ0v) is 20.1. The van der Waals surface area contributed by atoms with Crippen LogP contribution in [0, 0.1) is 16.7 Å². The third-order valence-corrected chi connectivity index (χ3v) is 8.26. The number of likely N-dealkylation sites (tertiary alicyclic amines) is 1. The molecule has 2 amide bonds. The highest BCUT2D eigenvalue weighted by Crippen LogP contribution is 2.55. The van der Waals surface area contributed by atoms with Gasteiger partial charge in [0.1, 0.15) is 6.61 Å². The van der Waals surface area contributed by atoms with Crippen LogP contribution < -0.4 is 4.90 Å². The Balaban J connectivity index is 1.40. The van der Waals surface area contributed by atoms with E-state index in [9.17, 15) is 14.4 Å². The van der Waals surface area contributed by atoms with Crippen LogP contribution in [0.15, 0.2) is 36.4 Å². The van der Waals surface area contributed by atoms with E-state index in [0.29, 0.717) is 12.3 Å². The molecule has 3 aliphatic heterocycles. The quantitative estimate of drug-likeness (QED) is 0.375. The van der Waals surface area contributed by atoms with Crippen molar-refractivity contribution < 1.29 is 23.9 Å². The number of amides is 2. The third kappa shape index (κ3) is 3.79. The number of hydrogen-bond donors (Lipinski definition) is 0. The van der Waals surface area contributed by atoms with Gasteiger partial charge in [0.15, 0.2) is 0 Å². The van der Waals surface area contributed by atoms with Gasteiger partial charge in [-0.25, -0.2) is 9.69 Å². The molecule has 7 nitrogen and oxygen atoms in total. The molecular formula is C27H34N2O5. The molecule has 3 fully saturated rings. The van der Waals surface area contributed by atoms with Crippen molar-refractivity contribution >= 4 is 23.5 Å². The zero-order chi connectivity index (χ0) is 23.9. The number of benzene rings is 1. The summed E-state index contributed by atoms with van der Waals surface area (Å²) in [5.74, 6) is -1.43. The van der Waals surface area contributed by atoms with Gasteiger partial charge in [0, 0.05) is 36.3 Å². The van der Waals surface area contributed by atoms with Gasteiger partial charge in [-0.3, -0.25) is 9.59 Å². The SMILES string of the molecule is CCN1C[C@@]23CC=CCO[C@@H]2[C@@](COC(=O)c2ccccc2N2C(=O)CC(C)C2=O)(CCC3)C1. The average Bonchev–Trinajstić information content (AvgIpc) is 2.97. The summed E-state index contributed by atoms with van der Waals surface area (Å²) in [5, 5.41) is 0. The maximum absolute atomic E-state index is 13.4. The van der Waals surface area contributed by atoms with Crippen LogP contribution in [0.5, 0.6) is 0 Å². The number of para-hydroxylation sites is 1. The highest BCUT2D eigenvalue weighted by Gasteiger charge is 2.59. The number of hydrogen-bond acceptors (Lipinski definition) is 6. The Morgan fingerprint density at radius 2 is 2.00 bits per heavy atom. The molecule has 7 heteroatoms. The number of esters is 1. The van der Waals surface area contributed by atoms with Gasteiger partial charge < -0.3 is 14.4 Å². The molecule has 0 spiro atoms. The molecule has 0 radical (unpaired) electrons. The van der Waals surface area contributed by atoms with Gasteiger partial charge in [-0.05, 0) is 37.9 Å². The lowest BCUT2D eigenvalue weighted by atomic mass is 9.56. The van der Waals surface area contributed by atoms with Crippen LogP contribution in [0.25, 0.3) is 0 Å². The molecule has 1 aromatic carbocycles. The van der Waals surface area contributed by atoms with Crippen LogP contribution in [-0.2, 0) is 19.1 Å². The van der Waals surface area contributed by atoms with E-state index in [1.165, 1.54) is 0 Å². The van der Waals surface area contributed by atoms with Crippen molar-refractivity contribution in [3.05, 3.63) is 42.0 Å². The molecule has 4 atom stereocenters. The Kier molecular flexibility index (Phi) is 6.10. The van der Waals surface area contributed by atoms with Gasteiger partial charge in [-0.15, -0.1) is 0 Å². The predicted octanol–water partition coefficient (Wildman–Crippen LogP) is 3.58. The van der Waals surface area contributed by atoms with Crippen LogP contribution in [0.4, 0.5) is 5.69 Å². The number of nitrogens with zero attached hydrogens (tertiary/aromatic N) is 2. The Hall–Kier alpha value is -2.51. The maximum Gasteiger partial charge on any atom is 0.340 e. The number of carbonyl (C=O) groups excluding carboxylic acids is 3. The first-order valence-electron chi connectivity index (χ1n) is 12.5. The van der Waals surface area contributed by atoms with E-state index in [2.05, 4.69) is 24.0 Å². The van der Waals surface area contributed by atoms with Crippen LogP contribution >= 0.6 is 0 Å². The minimum atomic E-state index is -0.498. The summed E-state index contributed by atoms with van der Waals surface area (Å²) in [6, 6.07) is 6.75. The van der Waals surface area contributed by atoms with Gasteiger partial charge in [0.05, 0.1) is 24.0 Å². The van der Waals surface area contributed by atoms with Crippen LogP contribution in [0.2, 0.25) is 0 Å². The molecule has 0 aromatic heterocycles. The lowest BCUT2D eigenvalue weighted by Gasteiger charge is -2.60. The van der Waals surface area contributed by atoms with Crippen LogP contribution in [-0.4, -0.2) is 61.6 Å². The molecule has 1 unspecified atom stereocenters. The minimum absolute atomic E-state index is 0.0391. The van der Waals surface area contributed by atoms with Crippen molar-refractivity contribution in [1.29, 1.82) is 0 Å². The molecule has 2 bridgehead atoms. The molecule has 0 N–H and O–H groups in total. The summed E-state index contributed by atoms with van der Waals surface area (Å²) < 4.78 is 12.4. The monoisotopic (exact) mass is 466 g/mol. The second kappa shape index (κ2) is 8.93. The van der Waals surface area contributed by atoms with Gasteiger partial charge in [-0.2, -0.15) is 0 Å². The molecule has 34 heavy (non-hydrogen) atoms. The van der Waals surface area contributed by atoms with Crippen LogP contribution in [0.1, 0.15) is 56.3 Å². The Morgan fingerprint density at radius 1 is 1.18 bits per heavy atom. The summed E-state index contributed by atoms with van der Waals surface area (Å²) in [7, 11) is 0. The molecule has 1 aromatic rings. The molecule has 1 saturated carbocycles. The molecular weight excluding hydrogens is 432 g/mol. The van der Waals surface area contributed by atoms with Crippen LogP contribution in [0.3, 0.4) is 0 Å². The normalized spacial score (nSPS) is 33.5. The second-order valence-corrected chi connectivity index (χ2v) is 10.5. The smallest absolute Gasteiger partial charge is 0.340 e. The molecule has 182 valence electrons. The highest BCUT2D eigenvalue weighted by atomic mass is 16.5. The maximum atomic E-state index is 13.4. The molecule has 2 saturated heterocycles. The van der Waals surface area contributed by atoms with Crippen molar-refractivity contribution in [3.8, 4) is 0 Å². The van der Waals surface area contributed by atoms with E-state index in [4.69, 9.17) is 9.47 Å². The Bertz CT molecular complexity index is 1020. The molecule has 4 aliphatic rings. The van der Waals surface area contributed by atoms with Crippen molar-refractivity contribution in [2.75, 3.05) is 37.7 Å². The standard InChI is InChI=1S/C27H34N2O5/c1-3-28-16-26-11-6-7-14-33-25(26)27(17-28,13-8-12-26)18-34-24(32)20-9-4-5-10-21(20)29-22(30)15-19(2)23(29)31/h4-7,9-10,19,25H,3,8,11-18H2,1-2H3/t19?,25-,26-,27-/m0/s1. The van der Waals surface area contributed by atoms with Crippen molar-refractivity contribution in [3.63, 3.8) is 0 Å². The van der Waals surface area contributed by atoms with E-state index in [1.807, 2.05) is 0 Å². The van der Waals surface area contributed by atoms with E-state index >= 15 is 0 Å². The Labute approximate surface area is 201 Å². The molecule has 1 aliphatic carbocycles. The Morgan fingerprint density at radius 3 is 2.76 bits per heavy atom. The predicted molar refractivity (Wildman–Crippen MR) is 127 cm³/mol. The van der Waals surface area contributed by atoms with E-state index in [0.717, 1.165) is 50.2 Å². The summed E-state index contributed by atoms with van der Waals surface area (Å²) in [5.41, 5.74) is 0.352. The largest absolute Gasteiger partial charge is 0.461 e. The van der Waals surface area contributed by atoms with E-state index in [1.54, 1.807) is 31.2 Å². The van der Waals surface area contributed by atoms with Gasteiger partial charge in [-0.1, -0.05) is 44.6 Å². The zero-order valence-electron chi connectivity index (χ0n) is 20.1. The average molecular weight is 467 g/mol. The number of carbonyl (C=O) groups is 3. The van der Waals surface area contributed by atoms with E-state index < -0.39 is 5.97 Å². The number of imide groups is 1. The fourth-order valence-electron chi connectivity index (χ4n) is 6.72. The fourth-order valence-corrected chi connectivity index (χ4v) is 6.72. The van der Waals surface area contributed by atoms with Gasteiger partial charge >= 0.3 is 5.97 Å². The first-order valence-corrected chi connectivity index (χ1v) is 12.5. The third-order valence-electron chi connectivity index (χ3n) is 8.26. The summed E-state index contributed by atoms with van der Waals surface area (Å²) >= 11 is 0. The number of anilines is 1. The van der Waals surface area contributed by atoms with Crippen molar-refractivity contribution in [2.24, 2.45) is 16.7 Å². The van der Waals surface area contributed by atoms with Gasteiger partial charge in [0.2, 0.25) is 11.8 Å². The van der Waals surface area contributed by atoms with Gasteiger partial charge in [0.25, 0.3) is 0 Å². The highest BCUT2D eigenvalue weighted by molar-refractivity contribution is 6.22. The second-order valence-electron chi connectivity index (χ2n) is 10.5. The van der Waals surface area contributed by atoms with E-state index in [-0.39, 0.29) is 53.3 Å². The van der Waals surface area contributed by atoms with Crippen molar-refractivity contribution in [1.82, 2.24) is 4.90 Å². The first kappa shape index (κ1) is 23.2. The number of piperidine rings is 1. The summed E-state index contributed by atoms with van der Waals surface area (Å²) in [6.45, 7) is 7.57. The number of allylic oxidation sites excluding steroid dienone is 1. The fraction of sp³-hybridized carbons (Fsp3) is 0.593. The minimum Gasteiger partial charge on any atom is -0.461 e. The molecule has 3 heterocycles. The summed E-state index contributed by atoms with van der Waals surface area (Å²) in [4.78, 5) is 42.1. The lowest BCUT2D eigenvalue weighted by Crippen LogP contribution is -2.66. The first-order chi connectivity index (χ1) is 16.4. The summed E-state index contributed by atoms with van der Waals surface area (Å²) in [6.07, 6.45) is 8.71. The lowest BCUT2D eigenvalue weighted by molar-refractivity contribution is -0.197. The van der Waals surface area contributed by atoms with Crippen molar-refractivity contribution in [2.45, 2.75) is 52.1 Å².